The maximum atomic E-state index is 11.8. The molecule has 0 saturated carbocycles. The Balaban J connectivity index is 1.77. The molecule has 3 nitrogen and oxygen atoms in total. The molecule has 114 valence electrons. The fraction of sp³-hybridized carbons (Fsp3) is 0.316. The van der Waals surface area contributed by atoms with Crippen LogP contribution in [0.5, 0.6) is 0 Å². The molecule has 3 heteroatoms. The van der Waals surface area contributed by atoms with Crippen LogP contribution in [0.3, 0.4) is 0 Å². The van der Waals surface area contributed by atoms with E-state index < -0.39 is 0 Å². The molecule has 0 spiro atoms. The van der Waals surface area contributed by atoms with Crippen LogP contribution in [-0.4, -0.2) is 23.9 Å². The third kappa shape index (κ3) is 3.37. The van der Waals surface area contributed by atoms with Gasteiger partial charge >= 0.3 is 0 Å². The van der Waals surface area contributed by atoms with Crippen molar-refractivity contribution in [2.45, 2.75) is 18.9 Å². The lowest BCUT2D eigenvalue weighted by Gasteiger charge is -2.37. The lowest BCUT2D eigenvalue weighted by molar-refractivity contribution is -0.124. The van der Waals surface area contributed by atoms with E-state index in [1.165, 1.54) is 11.1 Å². The van der Waals surface area contributed by atoms with E-state index in [0.717, 1.165) is 26.1 Å². The van der Waals surface area contributed by atoms with E-state index in [1.54, 1.807) is 0 Å². The number of amides is 1. The Morgan fingerprint density at radius 2 is 1.68 bits per heavy atom. The molecule has 2 aromatic rings. The summed E-state index contributed by atoms with van der Waals surface area (Å²) in [6.45, 7) is 2.73. The van der Waals surface area contributed by atoms with Gasteiger partial charge in [0.25, 0.3) is 0 Å². The number of piperidine rings is 1. The Labute approximate surface area is 131 Å². The van der Waals surface area contributed by atoms with Crippen molar-refractivity contribution < 1.29 is 4.79 Å². The minimum Gasteiger partial charge on any atom is -0.369 e. The average molecular weight is 294 g/mol. The molecule has 1 aliphatic heterocycles. The Morgan fingerprint density at radius 3 is 2.32 bits per heavy atom. The Kier molecular flexibility index (Phi) is 4.54. The highest BCUT2D eigenvalue weighted by molar-refractivity contribution is 5.78. The molecule has 0 bridgehead atoms. The topological polar surface area (TPSA) is 46.3 Å². The maximum absolute atomic E-state index is 11.8. The van der Waals surface area contributed by atoms with Crippen LogP contribution in [0.15, 0.2) is 60.7 Å². The van der Waals surface area contributed by atoms with Crippen LogP contribution in [0, 0.1) is 5.92 Å². The van der Waals surface area contributed by atoms with Crippen molar-refractivity contribution in [2.24, 2.45) is 11.7 Å². The Bertz CT molecular complexity index is 612. The number of primary amides is 1. The number of hydrogen-bond acceptors (Lipinski definition) is 2. The quantitative estimate of drug-likeness (QED) is 0.942. The minimum atomic E-state index is -0.173. The van der Waals surface area contributed by atoms with E-state index in [9.17, 15) is 4.79 Å². The maximum Gasteiger partial charge on any atom is 0.221 e. The zero-order chi connectivity index (χ0) is 15.4. The number of hydrogen-bond donors (Lipinski definition) is 1. The highest BCUT2D eigenvalue weighted by Gasteiger charge is 2.33. The van der Waals surface area contributed by atoms with Gasteiger partial charge in [0.1, 0.15) is 0 Å². The second kappa shape index (κ2) is 6.75. The van der Waals surface area contributed by atoms with Gasteiger partial charge in [-0.3, -0.25) is 9.69 Å². The number of likely N-dealkylation sites (tertiary alicyclic amines) is 1. The largest absolute Gasteiger partial charge is 0.369 e. The van der Waals surface area contributed by atoms with Gasteiger partial charge in [-0.05, 0) is 24.1 Å². The molecule has 22 heavy (non-hydrogen) atoms. The summed E-state index contributed by atoms with van der Waals surface area (Å²) >= 11 is 0. The molecule has 1 aliphatic rings. The van der Waals surface area contributed by atoms with Crippen molar-refractivity contribution >= 4 is 5.91 Å². The third-order valence-corrected chi connectivity index (χ3v) is 4.54. The summed E-state index contributed by atoms with van der Waals surface area (Å²) in [4.78, 5) is 14.2. The molecule has 1 fully saturated rings. The highest BCUT2D eigenvalue weighted by atomic mass is 16.1. The van der Waals surface area contributed by atoms with Gasteiger partial charge in [0, 0.05) is 24.9 Å². The van der Waals surface area contributed by atoms with Crippen LogP contribution < -0.4 is 5.73 Å². The fourth-order valence-corrected chi connectivity index (χ4v) is 3.38. The number of nitrogens with two attached hydrogens (primary N) is 1. The first-order valence-corrected chi connectivity index (χ1v) is 7.84. The molecule has 2 atom stereocenters. The van der Waals surface area contributed by atoms with Gasteiger partial charge in [-0.2, -0.15) is 0 Å². The zero-order valence-electron chi connectivity index (χ0n) is 12.7. The molecule has 3 rings (SSSR count). The molecule has 1 heterocycles. The molecule has 0 unspecified atom stereocenters. The van der Waals surface area contributed by atoms with Crippen LogP contribution >= 0.6 is 0 Å². The average Bonchev–Trinajstić information content (AvgIpc) is 2.56. The SMILES string of the molecule is NC(=O)[C@@H]1CCN(Cc2ccccc2)C[C@H]1c1ccccc1. The second-order valence-electron chi connectivity index (χ2n) is 6.04. The highest BCUT2D eigenvalue weighted by Crippen LogP contribution is 2.32. The monoisotopic (exact) mass is 294 g/mol. The summed E-state index contributed by atoms with van der Waals surface area (Å²) in [5, 5.41) is 0. The summed E-state index contributed by atoms with van der Waals surface area (Å²) in [5.74, 6) is -0.0428. The first kappa shape index (κ1) is 14.8. The van der Waals surface area contributed by atoms with Gasteiger partial charge in [-0.15, -0.1) is 0 Å². The summed E-state index contributed by atoms with van der Waals surface area (Å²) < 4.78 is 0. The van der Waals surface area contributed by atoms with E-state index in [4.69, 9.17) is 5.73 Å². The van der Waals surface area contributed by atoms with Crippen LogP contribution in [0.2, 0.25) is 0 Å². The zero-order valence-corrected chi connectivity index (χ0v) is 12.7. The van der Waals surface area contributed by atoms with Crippen LogP contribution in [0.25, 0.3) is 0 Å². The molecule has 2 N–H and O–H groups in total. The van der Waals surface area contributed by atoms with E-state index >= 15 is 0 Å². The van der Waals surface area contributed by atoms with Crippen molar-refractivity contribution in [2.75, 3.05) is 13.1 Å². The molecule has 1 amide bonds. The van der Waals surface area contributed by atoms with Gasteiger partial charge in [-0.1, -0.05) is 60.7 Å². The van der Waals surface area contributed by atoms with E-state index in [1.807, 2.05) is 24.3 Å². The summed E-state index contributed by atoms with van der Waals surface area (Å²) in [6.07, 6.45) is 0.835. The fourth-order valence-electron chi connectivity index (χ4n) is 3.38. The summed E-state index contributed by atoms with van der Waals surface area (Å²) in [7, 11) is 0. The van der Waals surface area contributed by atoms with Gasteiger partial charge in [0.05, 0.1) is 0 Å². The van der Waals surface area contributed by atoms with Crippen LogP contribution in [0.4, 0.5) is 0 Å². The van der Waals surface area contributed by atoms with Crippen molar-refractivity contribution in [3.63, 3.8) is 0 Å². The molecular weight excluding hydrogens is 272 g/mol. The standard InChI is InChI=1S/C19H22N2O/c20-19(22)17-11-12-21(13-15-7-3-1-4-8-15)14-18(17)16-9-5-2-6-10-16/h1-10,17-18H,11-14H2,(H2,20,22)/t17-,18+/m1/s1. The first-order valence-electron chi connectivity index (χ1n) is 7.84. The summed E-state index contributed by atoms with van der Waals surface area (Å²) in [5.41, 5.74) is 8.16. The van der Waals surface area contributed by atoms with Gasteiger partial charge < -0.3 is 5.73 Å². The van der Waals surface area contributed by atoms with Gasteiger partial charge in [-0.25, -0.2) is 0 Å². The normalized spacial score (nSPS) is 22.4. The Hall–Kier alpha value is -2.13. The predicted octanol–water partition coefficient (Wildman–Crippen LogP) is 2.78. The van der Waals surface area contributed by atoms with Gasteiger partial charge in [0.2, 0.25) is 5.91 Å². The molecule has 0 aromatic heterocycles. The lowest BCUT2D eigenvalue weighted by Crippen LogP contribution is -2.43. The van der Waals surface area contributed by atoms with Crippen molar-refractivity contribution in [1.29, 1.82) is 0 Å². The number of rotatable bonds is 4. The van der Waals surface area contributed by atoms with E-state index in [2.05, 4.69) is 41.3 Å². The second-order valence-corrected chi connectivity index (χ2v) is 6.04. The van der Waals surface area contributed by atoms with E-state index in [-0.39, 0.29) is 17.7 Å². The number of carbonyl (C=O) groups excluding carboxylic acids is 1. The lowest BCUT2D eigenvalue weighted by atomic mass is 9.80. The minimum absolute atomic E-state index is 0.0607. The van der Waals surface area contributed by atoms with Crippen molar-refractivity contribution in [3.05, 3.63) is 71.8 Å². The first-order chi connectivity index (χ1) is 10.7. The number of carbonyl (C=O) groups is 1. The third-order valence-electron chi connectivity index (χ3n) is 4.54. The molecular formula is C19H22N2O. The smallest absolute Gasteiger partial charge is 0.221 e. The van der Waals surface area contributed by atoms with Crippen molar-refractivity contribution in [3.8, 4) is 0 Å². The molecule has 0 aliphatic carbocycles. The number of nitrogens with zero attached hydrogens (tertiary/aromatic N) is 1. The Morgan fingerprint density at radius 1 is 1.05 bits per heavy atom. The predicted molar refractivity (Wildman–Crippen MR) is 88.2 cm³/mol. The summed E-state index contributed by atoms with van der Waals surface area (Å²) in [6, 6.07) is 20.8. The number of benzene rings is 2. The molecule has 1 saturated heterocycles. The van der Waals surface area contributed by atoms with E-state index in [0.29, 0.717) is 0 Å². The molecule has 2 aromatic carbocycles. The van der Waals surface area contributed by atoms with Crippen molar-refractivity contribution in [1.82, 2.24) is 4.90 Å². The van der Waals surface area contributed by atoms with Crippen LogP contribution in [0.1, 0.15) is 23.5 Å². The molecule has 0 radical (unpaired) electrons. The van der Waals surface area contributed by atoms with Crippen LogP contribution in [-0.2, 0) is 11.3 Å². The van der Waals surface area contributed by atoms with Gasteiger partial charge in [0.15, 0.2) is 0 Å².